The molecule has 112 valence electrons. The fraction of sp³-hybridized carbons (Fsp3) is 0.333. The maximum Gasteiger partial charge on any atom is 0.220 e. The van der Waals surface area contributed by atoms with Gasteiger partial charge in [-0.2, -0.15) is 0 Å². The van der Waals surface area contributed by atoms with Gasteiger partial charge in [-0.15, -0.1) is 0 Å². The Kier molecular flexibility index (Phi) is 5.36. The van der Waals surface area contributed by atoms with Gasteiger partial charge in [0, 0.05) is 37.0 Å². The van der Waals surface area contributed by atoms with Crippen LogP contribution in [0.5, 0.6) is 5.88 Å². The highest BCUT2D eigenvalue weighted by molar-refractivity contribution is 6.31. The van der Waals surface area contributed by atoms with Crippen molar-refractivity contribution >= 4 is 11.6 Å². The number of methoxy groups -OCH3 is 1. The summed E-state index contributed by atoms with van der Waals surface area (Å²) in [4.78, 5) is 10.4. The van der Waals surface area contributed by atoms with Crippen LogP contribution in [0.1, 0.15) is 5.56 Å². The minimum Gasteiger partial charge on any atom is -0.490 e. The zero-order valence-corrected chi connectivity index (χ0v) is 12.8. The molecule has 1 aliphatic rings. The SMILES string of the molecule is C=CC1=C(C(=C)Cl)OCCN(Cc2cncnc2OC)C1. The van der Waals surface area contributed by atoms with E-state index < -0.39 is 0 Å². The summed E-state index contributed by atoms with van der Waals surface area (Å²) in [6, 6.07) is 0. The Bertz CT molecular complexity index is 572. The van der Waals surface area contributed by atoms with Crippen LogP contribution in [0.15, 0.2) is 48.1 Å². The molecule has 0 amide bonds. The summed E-state index contributed by atoms with van der Waals surface area (Å²) >= 11 is 5.97. The first-order chi connectivity index (χ1) is 10.2. The largest absolute Gasteiger partial charge is 0.490 e. The van der Waals surface area contributed by atoms with Crippen molar-refractivity contribution in [1.82, 2.24) is 14.9 Å². The van der Waals surface area contributed by atoms with Crippen LogP contribution >= 0.6 is 11.6 Å². The van der Waals surface area contributed by atoms with E-state index in [0.717, 1.165) is 17.7 Å². The molecule has 0 spiro atoms. The molecule has 1 aromatic heterocycles. The first-order valence-electron chi connectivity index (χ1n) is 6.54. The topological polar surface area (TPSA) is 47.5 Å². The zero-order chi connectivity index (χ0) is 15.2. The smallest absolute Gasteiger partial charge is 0.220 e. The highest BCUT2D eigenvalue weighted by Gasteiger charge is 2.19. The molecule has 21 heavy (non-hydrogen) atoms. The van der Waals surface area contributed by atoms with E-state index in [0.29, 0.717) is 36.4 Å². The lowest BCUT2D eigenvalue weighted by Crippen LogP contribution is -2.27. The fourth-order valence-corrected chi connectivity index (χ4v) is 2.36. The van der Waals surface area contributed by atoms with Gasteiger partial charge in [-0.1, -0.05) is 30.8 Å². The summed E-state index contributed by atoms with van der Waals surface area (Å²) < 4.78 is 10.9. The minimum atomic E-state index is 0.396. The molecular formula is C15H18ClN3O2. The van der Waals surface area contributed by atoms with E-state index in [1.165, 1.54) is 6.33 Å². The van der Waals surface area contributed by atoms with Crippen LogP contribution in [-0.4, -0.2) is 41.7 Å². The highest BCUT2D eigenvalue weighted by Crippen LogP contribution is 2.24. The number of ether oxygens (including phenoxy) is 2. The number of nitrogens with zero attached hydrogens (tertiary/aromatic N) is 3. The molecule has 0 bridgehead atoms. The van der Waals surface area contributed by atoms with Crippen molar-refractivity contribution < 1.29 is 9.47 Å². The van der Waals surface area contributed by atoms with E-state index in [2.05, 4.69) is 28.0 Å². The molecule has 5 nitrogen and oxygen atoms in total. The van der Waals surface area contributed by atoms with Gasteiger partial charge >= 0.3 is 0 Å². The summed E-state index contributed by atoms with van der Waals surface area (Å²) in [5, 5.41) is 0.396. The van der Waals surface area contributed by atoms with E-state index >= 15 is 0 Å². The quantitative estimate of drug-likeness (QED) is 0.836. The standard InChI is InChI=1S/C15H18ClN3O2/c1-4-12-8-19(5-6-21-14(12)11(2)16)9-13-7-17-10-18-15(13)20-3/h4,7,10H,1-2,5-6,8-9H2,3H3. The number of rotatable bonds is 5. The van der Waals surface area contributed by atoms with Crippen LogP contribution in [-0.2, 0) is 11.3 Å². The van der Waals surface area contributed by atoms with Gasteiger partial charge in [0.2, 0.25) is 5.88 Å². The maximum atomic E-state index is 5.97. The van der Waals surface area contributed by atoms with Crippen molar-refractivity contribution in [3.8, 4) is 5.88 Å². The highest BCUT2D eigenvalue weighted by atomic mass is 35.5. The number of hydrogen-bond acceptors (Lipinski definition) is 5. The Morgan fingerprint density at radius 3 is 3.10 bits per heavy atom. The maximum absolute atomic E-state index is 5.97. The molecule has 0 aromatic carbocycles. The average Bonchev–Trinajstić information content (AvgIpc) is 2.70. The van der Waals surface area contributed by atoms with Gasteiger partial charge in [0.25, 0.3) is 0 Å². The van der Waals surface area contributed by atoms with Crippen LogP contribution in [0.25, 0.3) is 0 Å². The summed E-state index contributed by atoms with van der Waals surface area (Å²) in [6.07, 6.45) is 4.98. The summed E-state index contributed by atoms with van der Waals surface area (Å²) in [7, 11) is 1.60. The molecule has 6 heteroatoms. The van der Waals surface area contributed by atoms with Crippen molar-refractivity contribution in [2.24, 2.45) is 0 Å². The molecule has 1 aromatic rings. The Labute approximate surface area is 129 Å². The van der Waals surface area contributed by atoms with Gasteiger partial charge in [0.15, 0.2) is 0 Å². The predicted octanol–water partition coefficient (Wildman–Crippen LogP) is 2.51. The van der Waals surface area contributed by atoms with E-state index in [9.17, 15) is 0 Å². The molecular weight excluding hydrogens is 290 g/mol. The van der Waals surface area contributed by atoms with Crippen LogP contribution in [0.4, 0.5) is 0 Å². The van der Waals surface area contributed by atoms with Gasteiger partial charge in [-0.25, -0.2) is 9.97 Å². The van der Waals surface area contributed by atoms with Gasteiger partial charge in [0.1, 0.15) is 18.7 Å². The number of aromatic nitrogens is 2. The first kappa shape index (κ1) is 15.5. The third-order valence-corrected chi connectivity index (χ3v) is 3.34. The Morgan fingerprint density at radius 1 is 1.62 bits per heavy atom. The molecule has 0 atom stereocenters. The van der Waals surface area contributed by atoms with Crippen molar-refractivity contribution in [2.45, 2.75) is 6.54 Å². The third kappa shape index (κ3) is 3.83. The molecule has 0 unspecified atom stereocenters. The number of halogens is 1. The lowest BCUT2D eigenvalue weighted by Gasteiger charge is -2.20. The van der Waals surface area contributed by atoms with Crippen LogP contribution in [0.2, 0.25) is 0 Å². The molecule has 0 fully saturated rings. The number of allylic oxidation sites excluding steroid dienone is 1. The van der Waals surface area contributed by atoms with E-state index in [4.69, 9.17) is 21.1 Å². The van der Waals surface area contributed by atoms with E-state index in [1.54, 1.807) is 19.4 Å². The van der Waals surface area contributed by atoms with Crippen LogP contribution < -0.4 is 4.74 Å². The van der Waals surface area contributed by atoms with Gasteiger partial charge in [-0.05, 0) is 0 Å². The zero-order valence-electron chi connectivity index (χ0n) is 12.0. The summed E-state index contributed by atoms with van der Waals surface area (Å²) in [5.74, 6) is 1.20. The molecule has 0 saturated heterocycles. The van der Waals surface area contributed by atoms with Crippen molar-refractivity contribution in [3.05, 3.63) is 53.7 Å². The molecule has 2 heterocycles. The molecule has 0 N–H and O–H groups in total. The Hall–Kier alpha value is -1.85. The third-order valence-electron chi connectivity index (χ3n) is 3.17. The average molecular weight is 308 g/mol. The van der Waals surface area contributed by atoms with E-state index in [1.807, 2.05) is 0 Å². The molecule has 2 rings (SSSR count). The van der Waals surface area contributed by atoms with E-state index in [-0.39, 0.29) is 0 Å². The second-order valence-electron chi connectivity index (χ2n) is 4.58. The Balaban J connectivity index is 2.18. The van der Waals surface area contributed by atoms with Crippen molar-refractivity contribution in [1.29, 1.82) is 0 Å². The fourth-order valence-electron chi connectivity index (χ4n) is 2.19. The van der Waals surface area contributed by atoms with Gasteiger partial charge in [0.05, 0.1) is 12.1 Å². The minimum absolute atomic E-state index is 0.396. The molecule has 0 aliphatic carbocycles. The molecule has 1 aliphatic heterocycles. The van der Waals surface area contributed by atoms with Crippen molar-refractivity contribution in [3.63, 3.8) is 0 Å². The van der Waals surface area contributed by atoms with Gasteiger partial charge < -0.3 is 9.47 Å². The normalized spacial score (nSPS) is 16.1. The lowest BCUT2D eigenvalue weighted by atomic mass is 10.2. The summed E-state index contributed by atoms with van der Waals surface area (Å²) in [5.41, 5.74) is 1.85. The van der Waals surface area contributed by atoms with Crippen molar-refractivity contribution in [2.75, 3.05) is 26.8 Å². The lowest BCUT2D eigenvalue weighted by molar-refractivity contribution is 0.184. The number of hydrogen-bond donors (Lipinski definition) is 0. The first-order valence-corrected chi connectivity index (χ1v) is 6.92. The monoisotopic (exact) mass is 307 g/mol. The molecule has 0 radical (unpaired) electrons. The second-order valence-corrected chi connectivity index (χ2v) is 5.04. The second kappa shape index (κ2) is 7.24. The van der Waals surface area contributed by atoms with Crippen LogP contribution in [0.3, 0.4) is 0 Å². The van der Waals surface area contributed by atoms with Gasteiger partial charge in [-0.3, -0.25) is 4.90 Å². The summed E-state index contributed by atoms with van der Waals surface area (Å²) in [6.45, 7) is 10.2. The molecule has 0 saturated carbocycles. The Morgan fingerprint density at radius 2 is 2.43 bits per heavy atom. The van der Waals surface area contributed by atoms with Crippen LogP contribution in [0, 0.1) is 0 Å². The predicted molar refractivity (Wildman–Crippen MR) is 82.0 cm³/mol.